The third kappa shape index (κ3) is 5.66. The smallest absolute Gasteiger partial charge is 0.238 e. The Balaban J connectivity index is 1.49. The minimum Gasteiger partial charge on any atom is -0.325 e. The van der Waals surface area contributed by atoms with E-state index < -0.39 is 0 Å². The van der Waals surface area contributed by atoms with Gasteiger partial charge in [0.15, 0.2) is 0 Å². The lowest BCUT2D eigenvalue weighted by atomic mass is 10.2. The van der Waals surface area contributed by atoms with Crippen molar-refractivity contribution >= 4 is 27.5 Å². The van der Waals surface area contributed by atoms with Gasteiger partial charge >= 0.3 is 0 Å². The van der Waals surface area contributed by atoms with Crippen molar-refractivity contribution in [3.05, 3.63) is 64.1 Å². The largest absolute Gasteiger partial charge is 0.325 e. The standard InChI is InChI=1S/C21H26BrN3O/c1-17-14-19(22)8-9-20(17)23-21(26)16-25-11-5-10-24(12-13-25)15-18-6-3-2-4-7-18/h2-4,6-9,14H,5,10-13,15-16H2,1H3,(H,23,26). The highest BCUT2D eigenvalue weighted by atomic mass is 79.9. The normalized spacial score (nSPS) is 16.2. The predicted octanol–water partition coefficient (Wildman–Crippen LogP) is 3.90. The Morgan fingerprint density at radius 2 is 1.77 bits per heavy atom. The molecule has 0 atom stereocenters. The molecule has 5 heteroatoms. The van der Waals surface area contributed by atoms with Gasteiger partial charge in [0.05, 0.1) is 6.54 Å². The van der Waals surface area contributed by atoms with Gasteiger partial charge in [0.1, 0.15) is 0 Å². The van der Waals surface area contributed by atoms with Crippen LogP contribution in [0, 0.1) is 6.92 Å². The first-order valence-electron chi connectivity index (χ1n) is 9.15. The zero-order valence-corrected chi connectivity index (χ0v) is 16.8. The first-order chi connectivity index (χ1) is 12.6. The molecule has 2 aromatic rings. The predicted molar refractivity (Wildman–Crippen MR) is 110 cm³/mol. The van der Waals surface area contributed by atoms with Crippen LogP contribution in [0.15, 0.2) is 53.0 Å². The summed E-state index contributed by atoms with van der Waals surface area (Å²) in [4.78, 5) is 17.2. The number of halogens is 1. The van der Waals surface area contributed by atoms with Crippen LogP contribution in [0.4, 0.5) is 5.69 Å². The third-order valence-electron chi connectivity index (χ3n) is 4.76. The molecular formula is C21H26BrN3O. The van der Waals surface area contributed by atoms with Crippen molar-refractivity contribution in [3.8, 4) is 0 Å². The van der Waals surface area contributed by atoms with E-state index >= 15 is 0 Å². The van der Waals surface area contributed by atoms with Gasteiger partial charge in [-0.3, -0.25) is 14.6 Å². The van der Waals surface area contributed by atoms with Crippen LogP contribution in [0.3, 0.4) is 0 Å². The van der Waals surface area contributed by atoms with E-state index in [0.717, 1.165) is 54.9 Å². The number of rotatable bonds is 5. The summed E-state index contributed by atoms with van der Waals surface area (Å²) in [6.45, 7) is 7.43. The molecule has 1 amide bonds. The fraction of sp³-hybridized carbons (Fsp3) is 0.381. The monoisotopic (exact) mass is 415 g/mol. The Kier molecular flexibility index (Phi) is 6.83. The molecule has 1 aliphatic heterocycles. The lowest BCUT2D eigenvalue weighted by molar-refractivity contribution is -0.117. The summed E-state index contributed by atoms with van der Waals surface area (Å²) in [6, 6.07) is 16.5. The molecule has 1 fully saturated rings. The summed E-state index contributed by atoms with van der Waals surface area (Å²) >= 11 is 3.45. The van der Waals surface area contributed by atoms with Crippen LogP contribution in [0.2, 0.25) is 0 Å². The van der Waals surface area contributed by atoms with Crippen molar-refractivity contribution < 1.29 is 4.79 Å². The summed E-state index contributed by atoms with van der Waals surface area (Å²) in [5, 5.41) is 3.04. The van der Waals surface area contributed by atoms with Gasteiger partial charge < -0.3 is 5.32 Å². The van der Waals surface area contributed by atoms with E-state index in [2.05, 4.69) is 61.4 Å². The quantitative estimate of drug-likeness (QED) is 0.803. The molecule has 3 rings (SSSR count). The van der Waals surface area contributed by atoms with Crippen LogP contribution in [0.5, 0.6) is 0 Å². The van der Waals surface area contributed by atoms with Gasteiger partial charge in [0.25, 0.3) is 0 Å². The number of hydrogen-bond donors (Lipinski definition) is 1. The first-order valence-corrected chi connectivity index (χ1v) is 9.94. The molecule has 1 aliphatic rings. The van der Waals surface area contributed by atoms with Crippen LogP contribution in [0.25, 0.3) is 0 Å². The average Bonchev–Trinajstić information content (AvgIpc) is 2.84. The van der Waals surface area contributed by atoms with Crippen molar-refractivity contribution in [2.45, 2.75) is 19.9 Å². The van der Waals surface area contributed by atoms with E-state index in [1.54, 1.807) is 0 Å². The number of nitrogens with one attached hydrogen (secondary N) is 1. The van der Waals surface area contributed by atoms with Crippen molar-refractivity contribution in [3.63, 3.8) is 0 Å². The Morgan fingerprint density at radius 3 is 2.54 bits per heavy atom. The van der Waals surface area contributed by atoms with Crippen molar-refractivity contribution in [2.24, 2.45) is 0 Å². The summed E-state index contributed by atoms with van der Waals surface area (Å²) in [5.74, 6) is 0.0620. The lowest BCUT2D eigenvalue weighted by Gasteiger charge is -2.21. The molecule has 4 nitrogen and oxygen atoms in total. The molecule has 1 saturated heterocycles. The number of carbonyl (C=O) groups excluding carboxylic acids is 1. The summed E-state index contributed by atoms with van der Waals surface area (Å²) in [5.41, 5.74) is 3.31. The van der Waals surface area contributed by atoms with Crippen molar-refractivity contribution in [1.82, 2.24) is 9.80 Å². The van der Waals surface area contributed by atoms with Crippen LogP contribution in [0.1, 0.15) is 17.5 Å². The van der Waals surface area contributed by atoms with Crippen LogP contribution in [-0.4, -0.2) is 48.4 Å². The van der Waals surface area contributed by atoms with Gasteiger partial charge in [-0.1, -0.05) is 46.3 Å². The highest BCUT2D eigenvalue weighted by Gasteiger charge is 2.17. The maximum atomic E-state index is 12.4. The number of aryl methyl sites for hydroxylation is 1. The number of carbonyl (C=O) groups is 1. The van der Waals surface area contributed by atoms with Gasteiger partial charge in [-0.2, -0.15) is 0 Å². The molecule has 0 aromatic heterocycles. The fourth-order valence-electron chi connectivity index (χ4n) is 3.34. The molecule has 1 heterocycles. The maximum absolute atomic E-state index is 12.4. The van der Waals surface area contributed by atoms with E-state index in [1.807, 2.05) is 25.1 Å². The molecular weight excluding hydrogens is 390 g/mol. The SMILES string of the molecule is Cc1cc(Br)ccc1NC(=O)CN1CCCN(Cc2ccccc2)CC1. The Morgan fingerprint density at radius 1 is 1.04 bits per heavy atom. The number of anilines is 1. The molecule has 0 saturated carbocycles. The summed E-state index contributed by atoms with van der Waals surface area (Å²) in [7, 11) is 0. The van der Waals surface area contributed by atoms with Crippen molar-refractivity contribution in [1.29, 1.82) is 0 Å². The fourth-order valence-corrected chi connectivity index (χ4v) is 3.82. The van der Waals surface area contributed by atoms with Gasteiger partial charge in [-0.15, -0.1) is 0 Å². The molecule has 26 heavy (non-hydrogen) atoms. The van der Waals surface area contributed by atoms with Crippen LogP contribution in [-0.2, 0) is 11.3 Å². The zero-order valence-electron chi connectivity index (χ0n) is 15.2. The number of benzene rings is 2. The Labute approximate surface area is 164 Å². The Bertz CT molecular complexity index is 735. The maximum Gasteiger partial charge on any atom is 0.238 e. The van der Waals surface area contributed by atoms with E-state index in [9.17, 15) is 4.79 Å². The van der Waals surface area contributed by atoms with Gasteiger partial charge in [0.2, 0.25) is 5.91 Å². The number of nitrogens with zero attached hydrogens (tertiary/aromatic N) is 2. The minimum absolute atomic E-state index is 0.0620. The van der Waals surface area contributed by atoms with Crippen LogP contribution >= 0.6 is 15.9 Å². The topological polar surface area (TPSA) is 35.6 Å². The van der Waals surface area contributed by atoms with Gasteiger partial charge in [-0.05, 0) is 55.8 Å². The average molecular weight is 416 g/mol. The van der Waals surface area contributed by atoms with Crippen molar-refractivity contribution in [2.75, 3.05) is 38.0 Å². The second-order valence-corrected chi connectivity index (χ2v) is 7.81. The third-order valence-corrected chi connectivity index (χ3v) is 5.25. The lowest BCUT2D eigenvalue weighted by Crippen LogP contribution is -2.36. The highest BCUT2D eigenvalue weighted by molar-refractivity contribution is 9.10. The number of amides is 1. The van der Waals surface area contributed by atoms with Gasteiger partial charge in [-0.25, -0.2) is 0 Å². The molecule has 2 aromatic carbocycles. The second kappa shape index (κ2) is 9.31. The molecule has 138 valence electrons. The summed E-state index contributed by atoms with van der Waals surface area (Å²) < 4.78 is 1.03. The van der Waals surface area contributed by atoms with Crippen LogP contribution < -0.4 is 5.32 Å². The molecule has 0 aliphatic carbocycles. The number of hydrogen-bond acceptors (Lipinski definition) is 3. The van der Waals surface area contributed by atoms with E-state index in [4.69, 9.17) is 0 Å². The second-order valence-electron chi connectivity index (χ2n) is 6.90. The zero-order chi connectivity index (χ0) is 18.4. The van der Waals surface area contributed by atoms with E-state index in [-0.39, 0.29) is 5.91 Å². The minimum atomic E-state index is 0.0620. The Hall–Kier alpha value is -1.69. The molecule has 0 bridgehead atoms. The molecule has 0 unspecified atom stereocenters. The summed E-state index contributed by atoms with van der Waals surface area (Å²) in [6.07, 6.45) is 1.09. The van der Waals surface area contributed by atoms with Gasteiger partial charge in [0, 0.05) is 29.8 Å². The first kappa shape index (κ1) is 19.1. The molecule has 0 radical (unpaired) electrons. The van der Waals surface area contributed by atoms with E-state index in [1.165, 1.54) is 5.56 Å². The van der Waals surface area contributed by atoms with E-state index in [0.29, 0.717) is 6.54 Å². The highest BCUT2D eigenvalue weighted by Crippen LogP contribution is 2.20. The molecule has 1 N–H and O–H groups in total. The molecule has 0 spiro atoms.